The number of rotatable bonds is 1. The molecule has 1 nitrogen and oxygen atoms in total. The summed E-state index contributed by atoms with van der Waals surface area (Å²) in [5, 5.41) is 9.00. The average Bonchev–Trinajstić information content (AvgIpc) is 1.62. The summed E-state index contributed by atoms with van der Waals surface area (Å²) in [6, 6.07) is 0. The van der Waals surface area contributed by atoms with Crippen LogP contribution in [0.15, 0.2) is 11.9 Å². The molecule has 0 bridgehead atoms. The minimum absolute atomic E-state index is 0. The summed E-state index contributed by atoms with van der Waals surface area (Å²) in [6.45, 7) is 0. The van der Waals surface area contributed by atoms with Crippen LogP contribution in [0.5, 0.6) is 0 Å². The molecule has 0 amide bonds. The summed E-state index contributed by atoms with van der Waals surface area (Å²) in [7, 11) is 0. The maximum absolute atomic E-state index is 11.1. The van der Waals surface area contributed by atoms with Crippen molar-refractivity contribution < 1.29 is 45.9 Å². The Labute approximate surface area is 64.7 Å². The van der Waals surface area contributed by atoms with Gasteiger partial charge in [-0.2, -0.15) is 8.78 Å². The minimum atomic E-state index is -5.31. The van der Waals surface area contributed by atoms with E-state index in [4.69, 9.17) is 5.11 Å². The molecule has 0 fully saturated rings. The first-order chi connectivity index (χ1) is 3.85. The first-order valence-corrected chi connectivity index (χ1v) is 1.65. The van der Waals surface area contributed by atoms with E-state index >= 15 is 0 Å². The Hall–Kier alpha value is -0.0526. The van der Waals surface area contributed by atoms with Gasteiger partial charge in [-0.25, -0.2) is 13.2 Å². The van der Waals surface area contributed by atoms with Crippen molar-refractivity contribution in [3.63, 3.8) is 0 Å². The minimum Gasteiger partial charge on any atom is -0.792 e. The summed E-state index contributed by atoms with van der Waals surface area (Å²) in [4.78, 5) is 0. The van der Waals surface area contributed by atoms with Gasteiger partial charge in [-0.05, 0) is 0 Å². The molecular formula is C3F5LiO. The molecule has 0 aromatic rings. The van der Waals surface area contributed by atoms with Crippen molar-refractivity contribution in [1.29, 1.82) is 0 Å². The van der Waals surface area contributed by atoms with Crippen molar-refractivity contribution in [2.45, 2.75) is 6.11 Å². The molecule has 0 atom stereocenters. The Morgan fingerprint density at radius 1 is 1.10 bits per heavy atom. The van der Waals surface area contributed by atoms with E-state index in [9.17, 15) is 22.0 Å². The van der Waals surface area contributed by atoms with Gasteiger partial charge >= 0.3 is 24.9 Å². The van der Waals surface area contributed by atoms with Crippen LogP contribution in [0.2, 0.25) is 0 Å². The largest absolute Gasteiger partial charge is 1.00 e. The van der Waals surface area contributed by atoms with E-state index in [0.29, 0.717) is 0 Å². The summed E-state index contributed by atoms with van der Waals surface area (Å²) in [6.07, 6.45) is -8.59. The molecule has 0 saturated carbocycles. The predicted octanol–water partition coefficient (Wildman–Crippen LogP) is -1.98. The van der Waals surface area contributed by atoms with Gasteiger partial charge < -0.3 is 5.11 Å². The molecule has 0 saturated heterocycles. The van der Waals surface area contributed by atoms with E-state index in [1.165, 1.54) is 0 Å². The summed E-state index contributed by atoms with van der Waals surface area (Å²) < 4.78 is 54.4. The zero-order valence-electron chi connectivity index (χ0n) is 4.80. The zero-order valence-corrected chi connectivity index (χ0v) is 4.80. The van der Waals surface area contributed by atoms with E-state index in [1.807, 2.05) is 0 Å². The number of hydrogen-bond donors (Lipinski definition) is 0. The molecule has 0 aliphatic rings. The van der Waals surface area contributed by atoms with Crippen LogP contribution in [0, 0.1) is 0 Å². The van der Waals surface area contributed by atoms with Crippen molar-refractivity contribution >= 4 is 0 Å². The Bertz CT molecular complexity index is 134. The van der Waals surface area contributed by atoms with Crippen molar-refractivity contribution in [3.05, 3.63) is 11.9 Å². The molecule has 0 aliphatic heterocycles. The van der Waals surface area contributed by atoms with Crippen LogP contribution in [0.1, 0.15) is 0 Å². The van der Waals surface area contributed by atoms with Crippen LogP contribution < -0.4 is 24.0 Å². The molecule has 0 radical (unpaired) electrons. The van der Waals surface area contributed by atoms with Gasteiger partial charge in [0, 0.05) is 0 Å². The van der Waals surface area contributed by atoms with Crippen molar-refractivity contribution in [2.24, 2.45) is 0 Å². The fourth-order valence-electron chi connectivity index (χ4n) is 0.110. The molecule has 0 aliphatic carbocycles. The van der Waals surface area contributed by atoms with Crippen molar-refractivity contribution in [1.82, 2.24) is 0 Å². The second-order valence-electron chi connectivity index (χ2n) is 1.09. The summed E-state index contributed by atoms with van der Waals surface area (Å²) >= 11 is 0. The average molecular weight is 154 g/mol. The van der Waals surface area contributed by atoms with Crippen molar-refractivity contribution in [2.75, 3.05) is 0 Å². The van der Waals surface area contributed by atoms with Gasteiger partial charge in [0.25, 0.3) is 0 Å². The molecule has 10 heavy (non-hydrogen) atoms. The first kappa shape index (κ1) is 12.6. The van der Waals surface area contributed by atoms with Crippen LogP contribution in [-0.4, -0.2) is 6.11 Å². The van der Waals surface area contributed by atoms with Crippen LogP contribution >= 0.6 is 0 Å². The van der Waals surface area contributed by atoms with Gasteiger partial charge in [0.2, 0.25) is 11.9 Å². The van der Waals surface area contributed by atoms with Gasteiger partial charge in [-0.15, -0.1) is 0 Å². The molecule has 0 heterocycles. The fourth-order valence-corrected chi connectivity index (χ4v) is 0.110. The van der Waals surface area contributed by atoms with Gasteiger partial charge in [0.15, 0.2) is 0 Å². The van der Waals surface area contributed by atoms with E-state index in [0.717, 1.165) is 0 Å². The smallest absolute Gasteiger partial charge is 0.792 e. The molecule has 0 unspecified atom stereocenters. The van der Waals surface area contributed by atoms with E-state index in [1.54, 1.807) is 0 Å². The standard InChI is InChI=1S/C3F5O.Li/c4-1(2(5)6)3(7,8)9;/q-1;+1. The van der Waals surface area contributed by atoms with E-state index in [2.05, 4.69) is 0 Å². The number of hydrogen-bond acceptors (Lipinski definition) is 1. The van der Waals surface area contributed by atoms with E-state index < -0.39 is 18.0 Å². The van der Waals surface area contributed by atoms with Gasteiger partial charge in [-0.3, -0.25) is 0 Å². The molecule has 0 N–H and O–H groups in total. The maximum atomic E-state index is 11.1. The molecule has 7 heteroatoms. The van der Waals surface area contributed by atoms with Crippen LogP contribution in [0.3, 0.4) is 0 Å². The number of halogens is 5. The monoisotopic (exact) mass is 154 g/mol. The first-order valence-electron chi connectivity index (χ1n) is 1.65. The maximum Gasteiger partial charge on any atom is 1.00 e. The van der Waals surface area contributed by atoms with Gasteiger partial charge in [0.1, 0.15) is 0 Å². The second kappa shape index (κ2) is 3.96. The molecule has 0 spiro atoms. The fraction of sp³-hybridized carbons (Fsp3) is 0.333. The molecular weight excluding hydrogens is 154 g/mol. The van der Waals surface area contributed by atoms with Crippen LogP contribution in [0.25, 0.3) is 0 Å². The third-order valence-electron chi connectivity index (χ3n) is 0.421. The van der Waals surface area contributed by atoms with Crippen molar-refractivity contribution in [3.8, 4) is 0 Å². The molecule has 0 rings (SSSR count). The SMILES string of the molecule is [Li+].[O-]C(F)(F)C(F)=C(F)F. The second-order valence-corrected chi connectivity index (χ2v) is 1.09. The van der Waals surface area contributed by atoms with Crippen LogP contribution in [-0.2, 0) is 0 Å². The summed E-state index contributed by atoms with van der Waals surface area (Å²) in [5.41, 5.74) is 0. The van der Waals surface area contributed by atoms with Crippen LogP contribution in [0.4, 0.5) is 22.0 Å². The predicted molar refractivity (Wildman–Crippen MR) is 15.3 cm³/mol. The third kappa shape index (κ3) is 3.88. The Kier molecular flexibility index (Phi) is 4.99. The quantitative estimate of drug-likeness (QED) is 0.317. The molecule has 0 aromatic heterocycles. The van der Waals surface area contributed by atoms with E-state index in [-0.39, 0.29) is 18.9 Å². The Morgan fingerprint density at radius 3 is 1.40 bits per heavy atom. The zero-order chi connectivity index (χ0) is 7.65. The Morgan fingerprint density at radius 2 is 1.40 bits per heavy atom. The number of alkyl halides is 2. The topological polar surface area (TPSA) is 23.1 Å². The Balaban J connectivity index is 0. The third-order valence-corrected chi connectivity index (χ3v) is 0.421. The molecule has 54 valence electrons. The van der Waals surface area contributed by atoms with Gasteiger partial charge in [0.05, 0.1) is 0 Å². The van der Waals surface area contributed by atoms with Gasteiger partial charge in [-0.1, -0.05) is 0 Å². The summed E-state index contributed by atoms with van der Waals surface area (Å²) in [5.74, 6) is -3.22. The normalized spacial score (nSPS) is 10.2. The molecule has 0 aromatic carbocycles.